The fourth-order valence-corrected chi connectivity index (χ4v) is 2.50. The van der Waals surface area contributed by atoms with Crippen molar-refractivity contribution in [3.63, 3.8) is 0 Å². The molecule has 2 aromatic rings. The van der Waals surface area contributed by atoms with Gasteiger partial charge in [-0.3, -0.25) is 5.41 Å². The molecular formula is C13H15N3OS. The van der Waals surface area contributed by atoms with Gasteiger partial charge in [0, 0.05) is 16.2 Å². The minimum absolute atomic E-state index is 0.0344. The Morgan fingerprint density at radius 2 is 2.22 bits per heavy atom. The third kappa shape index (κ3) is 2.63. The molecule has 0 aliphatic carbocycles. The topological polar surface area (TPSA) is 83.0 Å². The largest absolute Gasteiger partial charge is 0.395 e. The van der Waals surface area contributed by atoms with E-state index in [1.54, 1.807) is 0 Å². The maximum Gasteiger partial charge on any atom is 0.123 e. The van der Waals surface area contributed by atoms with E-state index in [-0.39, 0.29) is 17.7 Å². The van der Waals surface area contributed by atoms with Crippen molar-refractivity contribution < 1.29 is 5.11 Å². The lowest BCUT2D eigenvalue weighted by molar-refractivity contribution is 0.300. The molecule has 1 unspecified atom stereocenters. The SMILES string of the molecule is CC(CO)Sc1cc(C(=N)N)c2ccccc2n1. The van der Waals surface area contributed by atoms with E-state index in [9.17, 15) is 0 Å². The fraction of sp³-hybridized carbons (Fsp3) is 0.231. The van der Waals surface area contributed by atoms with Gasteiger partial charge in [-0.25, -0.2) is 4.98 Å². The maximum atomic E-state index is 9.07. The van der Waals surface area contributed by atoms with Crippen molar-refractivity contribution in [1.29, 1.82) is 5.41 Å². The normalized spacial score (nSPS) is 12.6. The Labute approximate surface area is 110 Å². The highest BCUT2D eigenvalue weighted by molar-refractivity contribution is 7.99. The average Bonchev–Trinajstić information content (AvgIpc) is 2.37. The monoisotopic (exact) mass is 261 g/mol. The highest BCUT2D eigenvalue weighted by atomic mass is 32.2. The van der Waals surface area contributed by atoms with Crippen molar-refractivity contribution in [2.75, 3.05) is 6.61 Å². The summed E-state index contributed by atoms with van der Waals surface area (Å²) < 4.78 is 0. The first-order valence-electron chi connectivity index (χ1n) is 5.63. The summed E-state index contributed by atoms with van der Waals surface area (Å²) in [4.78, 5) is 4.51. The van der Waals surface area contributed by atoms with Crippen LogP contribution in [0, 0.1) is 5.41 Å². The fourth-order valence-electron chi connectivity index (χ4n) is 1.68. The molecule has 0 fully saturated rings. The highest BCUT2D eigenvalue weighted by Crippen LogP contribution is 2.26. The molecule has 0 aliphatic rings. The number of fused-ring (bicyclic) bond motifs is 1. The molecule has 1 atom stereocenters. The van der Waals surface area contributed by atoms with Crippen LogP contribution in [0.2, 0.25) is 0 Å². The Bertz CT molecular complexity index is 585. The van der Waals surface area contributed by atoms with E-state index in [2.05, 4.69) is 4.98 Å². The summed E-state index contributed by atoms with van der Waals surface area (Å²) in [6.45, 7) is 2.02. The summed E-state index contributed by atoms with van der Waals surface area (Å²) in [5, 5.41) is 18.4. The second-order valence-corrected chi connectivity index (χ2v) is 5.51. The zero-order valence-corrected chi connectivity index (χ0v) is 10.9. The first-order valence-corrected chi connectivity index (χ1v) is 6.51. The summed E-state index contributed by atoms with van der Waals surface area (Å²) in [6, 6.07) is 9.42. The van der Waals surface area contributed by atoms with Crippen LogP contribution in [0.1, 0.15) is 12.5 Å². The lowest BCUT2D eigenvalue weighted by Crippen LogP contribution is -2.12. The predicted molar refractivity (Wildman–Crippen MR) is 75.2 cm³/mol. The van der Waals surface area contributed by atoms with Gasteiger partial charge in [-0.1, -0.05) is 25.1 Å². The first-order chi connectivity index (χ1) is 8.61. The lowest BCUT2D eigenvalue weighted by atomic mass is 10.1. The van der Waals surface area contributed by atoms with E-state index in [0.717, 1.165) is 15.9 Å². The third-order valence-corrected chi connectivity index (χ3v) is 3.56. The molecule has 0 saturated heterocycles. The van der Waals surface area contributed by atoms with E-state index in [1.165, 1.54) is 11.8 Å². The first kappa shape index (κ1) is 12.9. The van der Waals surface area contributed by atoms with Gasteiger partial charge in [0.15, 0.2) is 0 Å². The van der Waals surface area contributed by atoms with Gasteiger partial charge in [0.2, 0.25) is 0 Å². The van der Waals surface area contributed by atoms with E-state index in [1.807, 2.05) is 37.3 Å². The van der Waals surface area contributed by atoms with Crippen molar-refractivity contribution in [3.05, 3.63) is 35.9 Å². The molecule has 4 N–H and O–H groups in total. The van der Waals surface area contributed by atoms with Gasteiger partial charge in [-0.05, 0) is 12.1 Å². The van der Waals surface area contributed by atoms with Gasteiger partial charge in [0.05, 0.1) is 17.1 Å². The average molecular weight is 261 g/mol. The second-order valence-electron chi connectivity index (χ2n) is 4.05. The number of para-hydroxylation sites is 1. The van der Waals surface area contributed by atoms with E-state index >= 15 is 0 Å². The summed E-state index contributed by atoms with van der Waals surface area (Å²) in [7, 11) is 0. The van der Waals surface area contributed by atoms with Crippen LogP contribution in [0.15, 0.2) is 35.4 Å². The smallest absolute Gasteiger partial charge is 0.123 e. The van der Waals surface area contributed by atoms with Gasteiger partial charge in [-0.2, -0.15) is 0 Å². The van der Waals surface area contributed by atoms with Crippen molar-refractivity contribution in [1.82, 2.24) is 4.98 Å². The van der Waals surface area contributed by atoms with Crippen molar-refractivity contribution in [2.24, 2.45) is 5.73 Å². The predicted octanol–water partition coefficient (Wildman–Crippen LogP) is 1.99. The van der Waals surface area contributed by atoms with Gasteiger partial charge < -0.3 is 10.8 Å². The second kappa shape index (κ2) is 5.37. The zero-order chi connectivity index (χ0) is 13.1. The number of aliphatic hydroxyl groups is 1. The Hall–Kier alpha value is -1.59. The molecule has 1 aromatic carbocycles. The molecule has 1 aromatic heterocycles. The zero-order valence-electron chi connectivity index (χ0n) is 10.1. The number of pyridine rings is 1. The minimum atomic E-state index is 0.0344. The number of hydrogen-bond donors (Lipinski definition) is 3. The third-order valence-electron chi connectivity index (χ3n) is 2.56. The summed E-state index contributed by atoms with van der Waals surface area (Å²) in [6.07, 6.45) is 0. The van der Waals surface area contributed by atoms with Crippen molar-refractivity contribution >= 4 is 28.5 Å². The molecule has 18 heavy (non-hydrogen) atoms. The van der Waals surface area contributed by atoms with Crippen LogP contribution in [0.5, 0.6) is 0 Å². The van der Waals surface area contributed by atoms with Crippen LogP contribution in [0.4, 0.5) is 0 Å². The Morgan fingerprint density at radius 1 is 1.50 bits per heavy atom. The molecule has 0 aliphatic heterocycles. The van der Waals surface area contributed by atoms with Crippen LogP contribution in [0.3, 0.4) is 0 Å². The number of nitrogens with two attached hydrogens (primary N) is 1. The Balaban J connectivity index is 2.54. The molecule has 0 radical (unpaired) electrons. The van der Waals surface area contributed by atoms with Crippen molar-refractivity contribution in [2.45, 2.75) is 17.2 Å². The molecule has 0 saturated carbocycles. The van der Waals surface area contributed by atoms with Crippen molar-refractivity contribution in [3.8, 4) is 0 Å². The van der Waals surface area contributed by atoms with E-state index in [4.69, 9.17) is 16.2 Å². The molecular weight excluding hydrogens is 246 g/mol. The number of rotatable bonds is 4. The van der Waals surface area contributed by atoms with E-state index < -0.39 is 0 Å². The molecule has 2 rings (SSSR count). The molecule has 94 valence electrons. The van der Waals surface area contributed by atoms with Gasteiger partial charge in [0.25, 0.3) is 0 Å². The van der Waals surface area contributed by atoms with Crippen LogP contribution >= 0.6 is 11.8 Å². The minimum Gasteiger partial charge on any atom is -0.395 e. The molecule has 0 spiro atoms. The van der Waals surface area contributed by atoms with Gasteiger partial charge in [-0.15, -0.1) is 11.8 Å². The molecule has 4 nitrogen and oxygen atoms in total. The molecule has 5 heteroatoms. The summed E-state index contributed by atoms with van der Waals surface area (Å²) in [5.41, 5.74) is 7.11. The van der Waals surface area contributed by atoms with Crippen LogP contribution in [-0.4, -0.2) is 27.8 Å². The standard InChI is InChI=1S/C13H15N3OS/c1-8(7-17)18-12-6-10(13(14)15)9-4-2-3-5-11(9)16-12/h2-6,8,17H,7H2,1H3,(H3,14,15). The number of amidine groups is 1. The summed E-state index contributed by atoms with van der Waals surface area (Å²) in [5.74, 6) is 0.0344. The molecule has 0 amide bonds. The molecule has 0 bridgehead atoms. The quantitative estimate of drug-likeness (QED) is 0.446. The number of aliphatic hydroxyl groups excluding tert-OH is 1. The Morgan fingerprint density at radius 3 is 2.89 bits per heavy atom. The highest BCUT2D eigenvalue weighted by Gasteiger charge is 2.10. The van der Waals surface area contributed by atoms with E-state index in [0.29, 0.717) is 5.56 Å². The lowest BCUT2D eigenvalue weighted by Gasteiger charge is -2.10. The number of thioether (sulfide) groups is 1. The maximum absolute atomic E-state index is 9.07. The molecule has 1 heterocycles. The number of nitrogen functional groups attached to an aromatic ring is 1. The van der Waals surface area contributed by atoms with Gasteiger partial charge >= 0.3 is 0 Å². The van der Waals surface area contributed by atoms with Crippen LogP contribution in [0.25, 0.3) is 10.9 Å². The Kier molecular flexibility index (Phi) is 3.84. The number of nitrogens with zero attached hydrogens (tertiary/aromatic N) is 1. The van der Waals surface area contributed by atoms with Crippen LogP contribution < -0.4 is 5.73 Å². The van der Waals surface area contributed by atoms with Gasteiger partial charge in [0.1, 0.15) is 5.84 Å². The number of benzene rings is 1. The number of hydrogen-bond acceptors (Lipinski definition) is 4. The number of nitrogens with one attached hydrogen (secondary N) is 1. The summed E-state index contributed by atoms with van der Waals surface area (Å²) >= 11 is 1.48. The van der Waals surface area contributed by atoms with Crippen LogP contribution in [-0.2, 0) is 0 Å². The number of aromatic nitrogens is 1.